The minimum Gasteiger partial charge on any atom is -0.497 e. The van der Waals surface area contributed by atoms with Gasteiger partial charge in [-0.15, -0.1) is 0 Å². The van der Waals surface area contributed by atoms with Crippen molar-refractivity contribution in [2.45, 2.75) is 18.0 Å². The predicted molar refractivity (Wildman–Crippen MR) is 132 cm³/mol. The molecule has 0 aliphatic carbocycles. The first kappa shape index (κ1) is 23.1. The number of aliphatic hydroxyl groups is 1. The summed E-state index contributed by atoms with van der Waals surface area (Å²) in [4.78, 5) is 16.8. The molecule has 6 rings (SSSR count). The third kappa shape index (κ3) is 3.45. The number of benzene rings is 2. The maximum Gasteiger partial charge on any atom is 0.248 e. The molecule has 1 fully saturated rings. The van der Waals surface area contributed by atoms with Gasteiger partial charge in [0.15, 0.2) is 11.5 Å². The molecular weight excluding hydrogens is 462 g/mol. The molecule has 0 radical (unpaired) electrons. The van der Waals surface area contributed by atoms with Gasteiger partial charge in [-0.2, -0.15) is 0 Å². The minimum absolute atomic E-state index is 0.00168. The first-order valence-electron chi connectivity index (χ1n) is 12.1. The molecule has 9 heteroatoms. The molecule has 3 aliphatic heterocycles. The molecule has 1 N–H and O–H groups in total. The molecule has 3 aromatic rings. The molecule has 9 nitrogen and oxygen atoms in total. The Morgan fingerprint density at radius 2 is 1.92 bits per heavy atom. The summed E-state index contributed by atoms with van der Waals surface area (Å²) in [5.74, 6) is 2.29. The maximum atomic E-state index is 12.6. The number of hydrogen-bond acceptors (Lipinski definition) is 7. The molecule has 1 saturated heterocycles. The highest BCUT2D eigenvalue weighted by Gasteiger charge is 2.54. The van der Waals surface area contributed by atoms with Crippen molar-refractivity contribution < 1.29 is 28.8 Å². The van der Waals surface area contributed by atoms with Gasteiger partial charge in [0.1, 0.15) is 12.4 Å². The first-order valence-corrected chi connectivity index (χ1v) is 12.1. The summed E-state index contributed by atoms with van der Waals surface area (Å²) in [5.41, 5.74) is 4.22. The standard InChI is InChI=1S/C27H31N3O6/c1-28-20-9-18(34-3)5-6-19(20)25-26(28)21(11-31)29(10-17-4-7-22-23(8-17)36-16-35-22)13-27(25)14-30(15-27)24(32)12-33-2/h4-9,21,31H,10-16H2,1-3H3/t21-/m1/s1. The largest absolute Gasteiger partial charge is 0.497 e. The van der Waals surface area contributed by atoms with Gasteiger partial charge in [0, 0.05) is 62.9 Å². The topological polar surface area (TPSA) is 85.6 Å². The van der Waals surface area contributed by atoms with Crippen molar-refractivity contribution in [1.29, 1.82) is 0 Å². The number of carbonyl (C=O) groups excluding carboxylic acids is 1. The molecule has 1 atom stereocenters. The zero-order chi connectivity index (χ0) is 25.0. The lowest BCUT2D eigenvalue weighted by molar-refractivity contribution is -0.144. The van der Waals surface area contributed by atoms with Gasteiger partial charge in [-0.05, 0) is 35.4 Å². The monoisotopic (exact) mass is 493 g/mol. The van der Waals surface area contributed by atoms with Gasteiger partial charge < -0.3 is 33.5 Å². The van der Waals surface area contributed by atoms with Gasteiger partial charge in [0.25, 0.3) is 0 Å². The number of rotatable bonds is 6. The predicted octanol–water partition coefficient (Wildman–Crippen LogP) is 2.19. The van der Waals surface area contributed by atoms with Crippen molar-refractivity contribution in [2.24, 2.45) is 7.05 Å². The van der Waals surface area contributed by atoms with Crippen LogP contribution in [0.4, 0.5) is 0 Å². The van der Waals surface area contributed by atoms with Crippen molar-refractivity contribution in [2.75, 3.05) is 53.9 Å². The summed E-state index contributed by atoms with van der Waals surface area (Å²) in [5, 5.41) is 11.8. The van der Waals surface area contributed by atoms with Gasteiger partial charge in [0.2, 0.25) is 12.7 Å². The number of methoxy groups -OCH3 is 2. The van der Waals surface area contributed by atoms with E-state index in [1.165, 1.54) is 5.56 Å². The summed E-state index contributed by atoms with van der Waals surface area (Å²) >= 11 is 0. The smallest absolute Gasteiger partial charge is 0.248 e. The van der Waals surface area contributed by atoms with Crippen molar-refractivity contribution in [3.05, 3.63) is 53.2 Å². The van der Waals surface area contributed by atoms with Crippen LogP contribution in [0.15, 0.2) is 36.4 Å². The zero-order valence-corrected chi connectivity index (χ0v) is 20.8. The second kappa shape index (κ2) is 8.69. The number of nitrogens with zero attached hydrogens (tertiary/aromatic N) is 3. The fraction of sp³-hybridized carbons (Fsp3) is 0.444. The molecule has 1 aromatic heterocycles. The van der Waals surface area contributed by atoms with Crippen LogP contribution in [0.25, 0.3) is 10.9 Å². The van der Waals surface area contributed by atoms with E-state index in [4.69, 9.17) is 18.9 Å². The van der Waals surface area contributed by atoms with Crippen LogP contribution in [0, 0.1) is 0 Å². The zero-order valence-electron chi connectivity index (χ0n) is 20.8. The quantitative estimate of drug-likeness (QED) is 0.564. The maximum absolute atomic E-state index is 12.6. The van der Waals surface area contributed by atoms with E-state index >= 15 is 0 Å². The Morgan fingerprint density at radius 3 is 2.67 bits per heavy atom. The third-order valence-corrected chi connectivity index (χ3v) is 7.85. The minimum atomic E-state index is -0.241. The van der Waals surface area contributed by atoms with Crippen LogP contribution in [0.1, 0.15) is 22.9 Å². The SMILES string of the molecule is COCC(=O)N1CC2(C1)CN(Cc1ccc3c(c1)OCO3)[C@H](CO)c1c2c2ccc(OC)cc2n1C. The average Bonchev–Trinajstić information content (AvgIpc) is 3.44. The van der Waals surface area contributed by atoms with Crippen LogP contribution in [-0.4, -0.2) is 79.2 Å². The van der Waals surface area contributed by atoms with Crippen molar-refractivity contribution in [3.63, 3.8) is 0 Å². The molecule has 1 amide bonds. The lowest BCUT2D eigenvalue weighted by atomic mass is 9.68. The summed E-state index contributed by atoms with van der Waals surface area (Å²) < 4.78 is 23.9. The number of hydrogen-bond donors (Lipinski definition) is 1. The van der Waals surface area contributed by atoms with E-state index in [1.807, 2.05) is 42.3 Å². The summed E-state index contributed by atoms with van der Waals surface area (Å²) in [7, 11) is 5.26. The van der Waals surface area contributed by atoms with Gasteiger partial charge >= 0.3 is 0 Å². The molecule has 0 saturated carbocycles. The fourth-order valence-corrected chi connectivity index (χ4v) is 6.24. The Morgan fingerprint density at radius 1 is 1.11 bits per heavy atom. The molecule has 4 heterocycles. The van der Waals surface area contributed by atoms with E-state index in [0.29, 0.717) is 19.6 Å². The second-order valence-electron chi connectivity index (χ2n) is 9.96. The number of ether oxygens (including phenoxy) is 4. The van der Waals surface area contributed by atoms with Gasteiger partial charge in [-0.25, -0.2) is 0 Å². The number of aromatic nitrogens is 1. The van der Waals surface area contributed by atoms with E-state index in [9.17, 15) is 9.90 Å². The summed E-state index contributed by atoms with van der Waals surface area (Å²) in [6, 6.07) is 11.9. The van der Waals surface area contributed by atoms with E-state index in [1.54, 1.807) is 14.2 Å². The van der Waals surface area contributed by atoms with Gasteiger partial charge in [0.05, 0.1) is 25.3 Å². The normalized spacial score (nSPS) is 20.0. The molecule has 190 valence electrons. The molecule has 2 aromatic carbocycles. The van der Waals surface area contributed by atoms with Crippen LogP contribution in [-0.2, 0) is 28.5 Å². The third-order valence-electron chi connectivity index (χ3n) is 7.85. The van der Waals surface area contributed by atoms with E-state index in [0.717, 1.165) is 46.0 Å². The van der Waals surface area contributed by atoms with Crippen LogP contribution in [0.3, 0.4) is 0 Å². The highest BCUT2D eigenvalue weighted by Crippen LogP contribution is 2.50. The summed E-state index contributed by atoms with van der Waals surface area (Å²) in [6.45, 7) is 2.89. The number of fused-ring (bicyclic) bond motifs is 5. The Kier molecular flexibility index (Phi) is 5.59. The van der Waals surface area contributed by atoms with Crippen molar-refractivity contribution in [1.82, 2.24) is 14.4 Å². The molecule has 0 bridgehead atoms. The number of aryl methyl sites for hydroxylation is 1. The Balaban J connectivity index is 1.43. The number of aliphatic hydroxyl groups excluding tert-OH is 1. The van der Waals surface area contributed by atoms with Crippen molar-refractivity contribution >= 4 is 16.8 Å². The average molecular weight is 494 g/mol. The van der Waals surface area contributed by atoms with Crippen molar-refractivity contribution in [3.8, 4) is 17.2 Å². The van der Waals surface area contributed by atoms with E-state index in [-0.39, 0.29) is 37.4 Å². The highest BCUT2D eigenvalue weighted by molar-refractivity contribution is 5.89. The number of likely N-dealkylation sites (tertiary alicyclic amines) is 1. The highest BCUT2D eigenvalue weighted by atomic mass is 16.7. The Hall–Kier alpha value is -3.27. The molecule has 3 aliphatic rings. The molecule has 36 heavy (non-hydrogen) atoms. The van der Waals surface area contributed by atoms with E-state index in [2.05, 4.69) is 15.5 Å². The lowest BCUT2D eigenvalue weighted by Gasteiger charge is -2.56. The van der Waals surface area contributed by atoms with Gasteiger partial charge in [-0.1, -0.05) is 6.07 Å². The van der Waals surface area contributed by atoms with Crippen LogP contribution < -0.4 is 14.2 Å². The van der Waals surface area contributed by atoms with E-state index < -0.39 is 0 Å². The molecule has 0 unspecified atom stereocenters. The number of amides is 1. The van der Waals surface area contributed by atoms with Gasteiger partial charge in [-0.3, -0.25) is 9.69 Å². The van der Waals surface area contributed by atoms with Crippen LogP contribution in [0.2, 0.25) is 0 Å². The lowest BCUT2D eigenvalue weighted by Crippen LogP contribution is -2.68. The Bertz CT molecular complexity index is 1330. The molecular formula is C27H31N3O6. The fourth-order valence-electron chi connectivity index (χ4n) is 6.24. The molecule has 1 spiro atoms. The first-order chi connectivity index (χ1) is 17.5. The van der Waals surface area contributed by atoms with Crippen LogP contribution >= 0.6 is 0 Å². The second-order valence-corrected chi connectivity index (χ2v) is 9.96. The summed E-state index contributed by atoms with van der Waals surface area (Å²) in [6.07, 6.45) is 0. The number of carbonyl (C=O) groups is 1. The van der Waals surface area contributed by atoms with Crippen LogP contribution in [0.5, 0.6) is 17.2 Å². The Labute approximate surface area is 209 Å².